The van der Waals surface area contributed by atoms with Crippen molar-refractivity contribution in [3.8, 4) is 0 Å². The van der Waals surface area contributed by atoms with Gasteiger partial charge in [0.1, 0.15) is 12.2 Å². The maximum atomic E-state index is 13.5. The Balaban J connectivity index is 1.12. The number of imidazole rings is 1. The molecule has 0 saturated carbocycles. The second-order valence-electron chi connectivity index (χ2n) is 10.2. The van der Waals surface area contributed by atoms with Crippen molar-refractivity contribution in [1.29, 1.82) is 0 Å². The lowest BCUT2D eigenvalue weighted by Crippen LogP contribution is -2.52. The Morgan fingerprint density at radius 2 is 1.73 bits per heavy atom. The van der Waals surface area contributed by atoms with Crippen molar-refractivity contribution in [1.82, 2.24) is 24.4 Å². The van der Waals surface area contributed by atoms with Gasteiger partial charge in [-0.05, 0) is 37.8 Å². The molecular formula is C26H32N8O3. The van der Waals surface area contributed by atoms with Gasteiger partial charge in [0.15, 0.2) is 17.0 Å². The number of hydrogen-bond donors (Lipinski definition) is 0. The molecule has 11 heteroatoms. The third kappa shape index (κ3) is 4.58. The second-order valence-corrected chi connectivity index (χ2v) is 10.2. The fourth-order valence-electron chi connectivity index (χ4n) is 5.96. The summed E-state index contributed by atoms with van der Waals surface area (Å²) in [7, 11) is 0. The van der Waals surface area contributed by atoms with E-state index in [-0.39, 0.29) is 22.4 Å². The van der Waals surface area contributed by atoms with E-state index in [4.69, 9.17) is 4.98 Å². The van der Waals surface area contributed by atoms with Crippen LogP contribution in [0.25, 0.3) is 11.2 Å². The van der Waals surface area contributed by atoms with Crippen LogP contribution in [0.15, 0.2) is 30.6 Å². The summed E-state index contributed by atoms with van der Waals surface area (Å²) in [6, 6.07) is 6.64. The number of carbonyl (C=O) groups excluding carboxylic acids is 1. The van der Waals surface area contributed by atoms with Gasteiger partial charge in [-0.3, -0.25) is 14.9 Å². The largest absolute Gasteiger partial charge is 0.368 e. The summed E-state index contributed by atoms with van der Waals surface area (Å²) in [6.07, 6.45) is 7.97. The van der Waals surface area contributed by atoms with Crippen molar-refractivity contribution in [3.05, 3.63) is 46.5 Å². The Bertz CT molecular complexity index is 1300. The third-order valence-electron chi connectivity index (χ3n) is 7.96. The molecular weight excluding hydrogens is 472 g/mol. The smallest absolute Gasteiger partial charge is 0.269 e. The van der Waals surface area contributed by atoms with Gasteiger partial charge in [0, 0.05) is 70.1 Å². The number of aryl methyl sites for hydroxylation is 2. The molecule has 0 spiro atoms. The van der Waals surface area contributed by atoms with Crippen LogP contribution in [-0.4, -0.2) is 74.5 Å². The van der Waals surface area contributed by atoms with Gasteiger partial charge in [0.25, 0.3) is 5.69 Å². The number of piperidine rings is 1. The lowest BCUT2D eigenvalue weighted by atomic mass is 9.96. The number of nitro benzene ring substituents is 1. The lowest BCUT2D eigenvalue weighted by Gasteiger charge is -2.40. The van der Waals surface area contributed by atoms with Crippen LogP contribution >= 0.6 is 0 Å². The minimum Gasteiger partial charge on any atom is -0.368 e. The second kappa shape index (κ2) is 9.95. The minimum atomic E-state index is -0.386. The number of carbonyl (C=O) groups is 1. The molecule has 0 bridgehead atoms. The Morgan fingerprint density at radius 3 is 2.51 bits per heavy atom. The highest BCUT2D eigenvalue weighted by atomic mass is 16.6. The van der Waals surface area contributed by atoms with Crippen LogP contribution in [0.2, 0.25) is 0 Å². The minimum absolute atomic E-state index is 0.0647. The molecule has 3 aliphatic heterocycles. The first kappa shape index (κ1) is 23.6. The van der Waals surface area contributed by atoms with Gasteiger partial charge in [-0.15, -0.1) is 0 Å². The molecule has 11 nitrogen and oxygen atoms in total. The van der Waals surface area contributed by atoms with Gasteiger partial charge in [0.05, 0.1) is 10.8 Å². The quantitative estimate of drug-likeness (QED) is 0.394. The van der Waals surface area contributed by atoms with E-state index in [1.807, 2.05) is 4.90 Å². The van der Waals surface area contributed by atoms with Crippen LogP contribution in [0.4, 0.5) is 17.2 Å². The average molecular weight is 505 g/mol. The van der Waals surface area contributed by atoms with Gasteiger partial charge in [-0.2, -0.15) is 0 Å². The molecule has 5 heterocycles. The molecule has 3 aliphatic rings. The molecule has 2 aromatic heterocycles. The number of fused-ring (bicyclic) bond motifs is 3. The lowest BCUT2D eigenvalue weighted by molar-refractivity contribution is -0.384. The van der Waals surface area contributed by atoms with Crippen LogP contribution in [0.5, 0.6) is 0 Å². The summed E-state index contributed by atoms with van der Waals surface area (Å²) in [5.41, 5.74) is 2.82. The first-order valence-electron chi connectivity index (χ1n) is 13.3. The molecule has 194 valence electrons. The summed E-state index contributed by atoms with van der Waals surface area (Å²) < 4.78 is 2.25. The van der Waals surface area contributed by atoms with Crippen molar-refractivity contribution >= 4 is 34.3 Å². The molecule has 3 aromatic rings. The summed E-state index contributed by atoms with van der Waals surface area (Å²) in [6.45, 7) is 5.20. The molecule has 6 rings (SSSR count). The van der Waals surface area contributed by atoms with E-state index < -0.39 is 0 Å². The highest BCUT2D eigenvalue weighted by Crippen LogP contribution is 2.30. The van der Waals surface area contributed by atoms with Crippen LogP contribution < -0.4 is 9.80 Å². The number of anilines is 2. The Labute approximate surface area is 215 Å². The molecule has 1 aromatic carbocycles. The van der Waals surface area contributed by atoms with Gasteiger partial charge in [-0.25, -0.2) is 15.0 Å². The normalized spacial score (nSPS) is 20.5. The molecule has 0 N–H and O–H groups in total. The number of piperazine rings is 1. The van der Waals surface area contributed by atoms with E-state index in [1.54, 1.807) is 18.5 Å². The summed E-state index contributed by atoms with van der Waals surface area (Å²) in [5.74, 6) is 2.10. The highest BCUT2D eigenvalue weighted by Gasteiger charge is 2.33. The molecule has 0 radical (unpaired) electrons. The van der Waals surface area contributed by atoms with Gasteiger partial charge >= 0.3 is 0 Å². The molecule has 1 atom stereocenters. The summed E-state index contributed by atoms with van der Waals surface area (Å²) in [4.78, 5) is 44.6. The van der Waals surface area contributed by atoms with Gasteiger partial charge < -0.3 is 19.3 Å². The monoisotopic (exact) mass is 504 g/mol. The summed E-state index contributed by atoms with van der Waals surface area (Å²) >= 11 is 0. The van der Waals surface area contributed by atoms with Crippen molar-refractivity contribution in [3.63, 3.8) is 0 Å². The van der Waals surface area contributed by atoms with Crippen molar-refractivity contribution in [2.24, 2.45) is 5.92 Å². The number of rotatable bonds is 4. The first-order chi connectivity index (χ1) is 18.1. The van der Waals surface area contributed by atoms with Gasteiger partial charge in [-0.1, -0.05) is 6.42 Å². The maximum Gasteiger partial charge on any atom is 0.269 e. The molecule has 1 amide bonds. The molecule has 0 aliphatic carbocycles. The number of non-ortho nitro benzene ring substituents is 1. The van der Waals surface area contributed by atoms with Crippen LogP contribution in [-0.2, 0) is 17.8 Å². The number of benzene rings is 1. The van der Waals surface area contributed by atoms with E-state index >= 15 is 0 Å². The Morgan fingerprint density at radius 1 is 0.919 bits per heavy atom. The predicted molar refractivity (Wildman–Crippen MR) is 140 cm³/mol. The van der Waals surface area contributed by atoms with Crippen LogP contribution in [0.1, 0.15) is 37.9 Å². The van der Waals surface area contributed by atoms with Crippen LogP contribution in [0, 0.1) is 16.0 Å². The molecule has 1 unspecified atom stereocenters. The fourth-order valence-corrected chi connectivity index (χ4v) is 5.96. The van der Waals surface area contributed by atoms with Gasteiger partial charge in [0.2, 0.25) is 5.91 Å². The van der Waals surface area contributed by atoms with Crippen molar-refractivity contribution in [2.75, 3.05) is 49.1 Å². The van der Waals surface area contributed by atoms with E-state index in [0.717, 1.165) is 73.7 Å². The van der Waals surface area contributed by atoms with E-state index in [1.165, 1.54) is 18.6 Å². The third-order valence-corrected chi connectivity index (χ3v) is 7.96. The Kier molecular flexibility index (Phi) is 6.35. The number of amides is 1. The zero-order chi connectivity index (χ0) is 25.4. The molecule has 37 heavy (non-hydrogen) atoms. The number of nitro groups is 1. The first-order valence-corrected chi connectivity index (χ1v) is 13.3. The number of hydrogen-bond acceptors (Lipinski definition) is 8. The molecule has 2 saturated heterocycles. The predicted octanol–water partition coefficient (Wildman–Crippen LogP) is 3.03. The zero-order valence-electron chi connectivity index (χ0n) is 21.0. The topological polar surface area (TPSA) is 114 Å². The van der Waals surface area contributed by atoms with E-state index in [9.17, 15) is 14.9 Å². The molecule has 2 fully saturated rings. The average Bonchev–Trinajstić information content (AvgIpc) is 3.13. The number of aromatic nitrogens is 4. The van der Waals surface area contributed by atoms with E-state index in [0.29, 0.717) is 32.7 Å². The van der Waals surface area contributed by atoms with Crippen LogP contribution in [0.3, 0.4) is 0 Å². The standard InChI is InChI=1S/C26H32N8O3/c35-26(31-15-13-30(14-16-31)20-7-9-21(10-8-20)34(36)37)19-5-4-11-32(17-19)24-23-25(28-18-27-24)33-12-3-1-2-6-22(33)29-23/h7-10,18-19H,1-6,11-17H2. The maximum absolute atomic E-state index is 13.5. The number of nitrogens with zero attached hydrogens (tertiary/aromatic N) is 8. The van der Waals surface area contributed by atoms with E-state index in [2.05, 4.69) is 24.3 Å². The fraction of sp³-hybridized carbons (Fsp3) is 0.538. The highest BCUT2D eigenvalue weighted by molar-refractivity contribution is 5.85. The zero-order valence-corrected chi connectivity index (χ0v) is 21.0. The SMILES string of the molecule is O=C(C1CCCN(c2ncnc3c2nc2n3CCCCC2)C1)N1CCN(c2ccc([N+](=O)[O-])cc2)CC1. The Hall–Kier alpha value is -3.76. The van der Waals surface area contributed by atoms with Crippen molar-refractivity contribution < 1.29 is 9.72 Å². The van der Waals surface area contributed by atoms with Crippen molar-refractivity contribution in [2.45, 2.75) is 45.1 Å². The summed E-state index contributed by atoms with van der Waals surface area (Å²) in [5, 5.41) is 10.9.